The van der Waals surface area contributed by atoms with Crippen molar-refractivity contribution in [3.8, 4) is 0 Å². The van der Waals surface area contributed by atoms with Crippen molar-refractivity contribution >= 4 is 27.3 Å². The smallest absolute Gasteiger partial charge is 0.243 e. The molecule has 1 fully saturated rings. The number of aryl methyl sites for hydroxylation is 1. The van der Waals surface area contributed by atoms with Crippen molar-refractivity contribution in [3.63, 3.8) is 0 Å². The van der Waals surface area contributed by atoms with E-state index in [1.807, 2.05) is 31.2 Å². The maximum absolute atomic E-state index is 13.2. The normalized spacial score (nSPS) is 16.2. The number of nitrogens with zero attached hydrogens (tertiary/aromatic N) is 1. The Morgan fingerprint density at radius 3 is 2.47 bits per heavy atom. The van der Waals surface area contributed by atoms with Gasteiger partial charge in [-0.05, 0) is 62.1 Å². The van der Waals surface area contributed by atoms with Gasteiger partial charge in [0.2, 0.25) is 15.9 Å². The molecule has 174 valence electrons. The highest BCUT2D eigenvalue weighted by Gasteiger charge is 2.27. The Hall–Kier alpha value is -2.42. The fourth-order valence-electron chi connectivity index (χ4n) is 3.80. The van der Waals surface area contributed by atoms with Crippen molar-refractivity contribution in [2.24, 2.45) is 0 Å². The Morgan fingerprint density at radius 1 is 1.06 bits per heavy atom. The second kappa shape index (κ2) is 10.9. The van der Waals surface area contributed by atoms with Gasteiger partial charge in [-0.25, -0.2) is 8.42 Å². The van der Waals surface area contributed by atoms with Crippen LogP contribution in [0.2, 0.25) is 0 Å². The number of ether oxygens (including phenoxy) is 1. The number of anilines is 2. The molecule has 0 saturated carbocycles. The first-order valence-corrected chi connectivity index (χ1v) is 12.5. The zero-order chi connectivity index (χ0) is 23.1. The molecule has 1 amide bonds. The summed E-state index contributed by atoms with van der Waals surface area (Å²) in [6, 6.07) is 12.7. The SMILES string of the molecule is COC(C)c1cccc(NCC(=O)Nc2ccc(C)c(S(=O)(=O)N3CCCCCC3)c2)c1. The summed E-state index contributed by atoms with van der Waals surface area (Å²) in [6.45, 7) is 4.89. The number of carbonyl (C=O) groups excluding carboxylic acids is 1. The topological polar surface area (TPSA) is 87.7 Å². The summed E-state index contributed by atoms with van der Waals surface area (Å²) in [5.41, 5.74) is 2.97. The minimum atomic E-state index is -3.59. The number of amides is 1. The largest absolute Gasteiger partial charge is 0.377 e. The van der Waals surface area contributed by atoms with E-state index in [4.69, 9.17) is 4.74 Å². The van der Waals surface area contributed by atoms with Crippen LogP contribution in [0.5, 0.6) is 0 Å². The third-order valence-electron chi connectivity index (χ3n) is 5.82. The van der Waals surface area contributed by atoms with Gasteiger partial charge < -0.3 is 15.4 Å². The number of hydrogen-bond donors (Lipinski definition) is 2. The zero-order valence-corrected chi connectivity index (χ0v) is 19.9. The first-order valence-electron chi connectivity index (χ1n) is 11.1. The van der Waals surface area contributed by atoms with Gasteiger partial charge in [0, 0.05) is 31.6 Å². The van der Waals surface area contributed by atoms with Gasteiger partial charge in [-0.2, -0.15) is 4.31 Å². The molecule has 8 heteroatoms. The number of sulfonamides is 1. The molecule has 0 aliphatic carbocycles. The van der Waals surface area contributed by atoms with Crippen molar-refractivity contribution in [1.29, 1.82) is 0 Å². The average molecular weight is 460 g/mol. The monoisotopic (exact) mass is 459 g/mol. The molecular weight excluding hydrogens is 426 g/mol. The lowest BCUT2D eigenvalue weighted by Gasteiger charge is -2.21. The van der Waals surface area contributed by atoms with Crippen LogP contribution in [0.3, 0.4) is 0 Å². The summed E-state index contributed by atoms with van der Waals surface area (Å²) < 4.78 is 33.3. The molecule has 2 aromatic rings. The van der Waals surface area contributed by atoms with E-state index in [0.29, 0.717) is 24.3 Å². The lowest BCUT2D eigenvalue weighted by molar-refractivity contribution is -0.114. The second-order valence-corrected chi connectivity index (χ2v) is 10.1. The highest BCUT2D eigenvalue weighted by molar-refractivity contribution is 7.89. The Morgan fingerprint density at radius 2 is 1.78 bits per heavy atom. The van der Waals surface area contributed by atoms with Crippen molar-refractivity contribution in [1.82, 2.24) is 4.31 Å². The van der Waals surface area contributed by atoms with E-state index in [0.717, 1.165) is 36.9 Å². The predicted octanol–water partition coefficient (Wildman–Crippen LogP) is 4.32. The van der Waals surface area contributed by atoms with Crippen molar-refractivity contribution in [3.05, 3.63) is 53.6 Å². The van der Waals surface area contributed by atoms with E-state index >= 15 is 0 Å². The fourth-order valence-corrected chi connectivity index (χ4v) is 5.57. The average Bonchev–Trinajstić information content (AvgIpc) is 3.09. The molecule has 2 N–H and O–H groups in total. The van der Waals surface area contributed by atoms with E-state index in [1.165, 1.54) is 0 Å². The number of nitrogens with one attached hydrogen (secondary N) is 2. The quantitative estimate of drug-likeness (QED) is 0.614. The predicted molar refractivity (Wildman–Crippen MR) is 127 cm³/mol. The summed E-state index contributed by atoms with van der Waals surface area (Å²) >= 11 is 0. The summed E-state index contributed by atoms with van der Waals surface area (Å²) in [4.78, 5) is 12.8. The van der Waals surface area contributed by atoms with E-state index in [9.17, 15) is 13.2 Å². The Labute approximate surface area is 191 Å². The van der Waals surface area contributed by atoms with Crippen molar-refractivity contribution in [2.75, 3.05) is 37.4 Å². The molecule has 1 aliphatic rings. The van der Waals surface area contributed by atoms with Gasteiger partial charge in [0.15, 0.2) is 0 Å². The molecule has 0 radical (unpaired) electrons. The van der Waals surface area contributed by atoms with Crippen LogP contribution in [0.4, 0.5) is 11.4 Å². The molecule has 1 saturated heterocycles. The lowest BCUT2D eigenvalue weighted by atomic mass is 10.1. The van der Waals surface area contributed by atoms with Crippen molar-refractivity contribution in [2.45, 2.75) is 50.5 Å². The maximum Gasteiger partial charge on any atom is 0.243 e. The van der Waals surface area contributed by atoms with Gasteiger partial charge in [0.1, 0.15) is 0 Å². The Balaban J connectivity index is 1.67. The van der Waals surface area contributed by atoms with Crippen LogP contribution in [0.15, 0.2) is 47.4 Å². The molecule has 1 unspecified atom stereocenters. The number of methoxy groups -OCH3 is 1. The summed E-state index contributed by atoms with van der Waals surface area (Å²) in [5.74, 6) is -0.253. The highest BCUT2D eigenvalue weighted by atomic mass is 32.2. The van der Waals surface area contributed by atoms with Crippen molar-refractivity contribution < 1.29 is 17.9 Å². The van der Waals surface area contributed by atoms with Crippen LogP contribution in [0, 0.1) is 6.92 Å². The first kappa shape index (κ1) is 24.2. The zero-order valence-electron chi connectivity index (χ0n) is 19.1. The third kappa shape index (κ3) is 6.09. The summed E-state index contributed by atoms with van der Waals surface area (Å²) in [6.07, 6.45) is 3.83. The molecule has 3 rings (SSSR count). The third-order valence-corrected chi connectivity index (χ3v) is 7.86. The Bertz CT molecular complexity index is 1030. The molecule has 0 aromatic heterocycles. The minimum Gasteiger partial charge on any atom is -0.377 e. The molecular formula is C24H33N3O4S. The first-order chi connectivity index (χ1) is 15.3. The van der Waals surface area contributed by atoms with Gasteiger partial charge in [-0.1, -0.05) is 31.0 Å². The van der Waals surface area contributed by atoms with E-state index in [2.05, 4.69) is 10.6 Å². The second-order valence-electron chi connectivity index (χ2n) is 8.20. The molecule has 0 spiro atoms. The molecule has 1 atom stereocenters. The van der Waals surface area contributed by atoms with Crippen LogP contribution in [-0.4, -0.2) is 45.4 Å². The van der Waals surface area contributed by atoms with Gasteiger partial charge in [-0.15, -0.1) is 0 Å². The molecule has 7 nitrogen and oxygen atoms in total. The number of benzene rings is 2. The highest BCUT2D eigenvalue weighted by Crippen LogP contribution is 2.26. The Kier molecular flexibility index (Phi) is 8.28. The van der Waals surface area contributed by atoms with Crippen LogP contribution < -0.4 is 10.6 Å². The number of hydrogen-bond acceptors (Lipinski definition) is 5. The fraction of sp³-hybridized carbons (Fsp3) is 0.458. The van der Waals surface area contributed by atoms with E-state index < -0.39 is 10.0 Å². The van der Waals surface area contributed by atoms with Gasteiger partial charge in [0.05, 0.1) is 17.5 Å². The standard InChI is InChI=1S/C24H33N3O4S/c1-18-11-12-22(16-23(18)32(29,30)27-13-6-4-5-7-14-27)26-24(28)17-25-21-10-8-9-20(15-21)19(2)31-3/h8-12,15-16,19,25H,4-7,13-14,17H2,1-3H3,(H,26,28). The van der Waals surface area contributed by atoms with Gasteiger partial charge >= 0.3 is 0 Å². The lowest BCUT2D eigenvalue weighted by Crippen LogP contribution is -2.32. The molecule has 1 heterocycles. The molecule has 32 heavy (non-hydrogen) atoms. The van der Waals surface area contributed by atoms with Crippen LogP contribution in [0.25, 0.3) is 0 Å². The van der Waals surface area contributed by atoms with Gasteiger partial charge in [0.25, 0.3) is 0 Å². The molecule has 2 aromatic carbocycles. The van der Waals surface area contributed by atoms with Crippen LogP contribution in [-0.2, 0) is 19.6 Å². The molecule has 0 bridgehead atoms. The summed E-state index contributed by atoms with van der Waals surface area (Å²) in [7, 11) is -1.94. The van der Waals surface area contributed by atoms with Crippen LogP contribution in [0.1, 0.15) is 49.8 Å². The van der Waals surface area contributed by atoms with E-state index in [1.54, 1.807) is 36.5 Å². The van der Waals surface area contributed by atoms with Crippen LogP contribution >= 0.6 is 0 Å². The number of rotatable bonds is 8. The minimum absolute atomic E-state index is 0.0392. The van der Waals surface area contributed by atoms with E-state index in [-0.39, 0.29) is 23.5 Å². The summed E-state index contributed by atoms with van der Waals surface area (Å²) in [5, 5.41) is 5.91. The van der Waals surface area contributed by atoms with Gasteiger partial charge in [-0.3, -0.25) is 4.79 Å². The maximum atomic E-state index is 13.2. The molecule has 1 aliphatic heterocycles. The number of carbonyl (C=O) groups is 1.